The Morgan fingerprint density at radius 3 is 1.64 bits per heavy atom. The highest BCUT2D eigenvalue weighted by molar-refractivity contribution is 6.30. The van der Waals surface area contributed by atoms with Crippen molar-refractivity contribution in [3.63, 3.8) is 0 Å². The van der Waals surface area contributed by atoms with Gasteiger partial charge in [0.1, 0.15) is 0 Å². The van der Waals surface area contributed by atoms with Crippen LogP contribution in [0, 0.1) is 0 Å². The zero-order chi connectivity index (χ0) is 9.44. The van der Waals surface area contributed by atoms with Crippen LogP contribution in [0.3, 0.4) is 0 Å². The Morgan fingerprint density at radius 1 is 1.36 bits per heavy atom. The highest BCUT2D eigenvalue weighted by Crippen LogP contribution is 1.75. The largest absolute Gasteiger partial charge is 0.631 e. The van der Waals surface area contributed by atoms with E-state index in [0.717, 1.165) is 0 Å². The van der Waals surface area contributed by atoms with Crippen molar-refractivity contribution in [2.75, 3.05) is 6.61 Å². The second kappa shape index (κ2) is 7.44. The summed E-state index contributed by atoms with van der Waals surface area (Å²) in [6.45, 7) is -0.727. The number of aliphatic hydroxyl groups excluding tert-OH is 2. The Kier molecular flexibility index (Phi) is 8.77. The van der Waals surface area contributed by atoms with E-state index in [1.807, 2.05) is 0 Å². The van der Waals surface area contributed by atoms with Gasteiger partial charge in [0, 0.05) is 0 Å². The Balaban J connectivity index is 0. The van der Waals surface area contributed by atoms with Crippen molar-refractivity contribution >= 4 is 13.3 Å². The molecule has 0 aromatic carbocycles. The summed E-state index contributed by atoms with van der Waals surface area (Å²) in [5.74, 6) is -1.40. The molecule has 6 N–H and O–H groups in total. The van der Waals surface area contributed by atoms with Gasteiger partial charge < -0.3 is 30.4 Å². The molecule has 1 unspecified atom stereocenters. The molecule has 11 heavy (non-hydrogen) atoms. The summed E-state index contributed by atoms with van der Waals surface area (Å²) in [6.07, 6.45) is -1.63. The van der Waals surface area contributed by atoms with Gasteiger partial charge in [-0.25, -0.2) is 4.79 Å². The molecule has 66 valence electrons. The molecule has 0 amide bonds. The maximum atomic E-state index is 9.52. The average molecular weight is 168 g/mol. The molecule has 0 heterocycles. The normalized spacial score (nSPS) is 11.0. The van der Waals surface area contributed by atoms with Crippen LogP contribution in [0.5, 0.6) is 0 Å². The minimum absolute atomic E-state index is 0.727. The molecule has 0 fully saturated rings. The lowest BCUT2D eigenvalue weighted by Crippen LogP contribution is -2.22. The first-order chi connectivity index (χ1) is 4.91. The number of aliphatic carboxylic acids is 1. The molecule has 0 aromatic rings. The monoisotopic (exact) mass is 168 g/mol. The Bertz CT molecular complexity index is 101. The maximum Gasteiger partial charge on any atom is 0.631 e. The SMILES string of the molecule is O=C(O)C(O)CO.OB(O)O. The summed E-state index contributed by atoms with van der Waals surface area (Å²) >= 11 is 0. The van der Waals surface area contributed by atoms with Gasteiger partial charge in [0.15, 0.2) is 6.10 Å². The summed E-state index contributed by atoms with van der Waals surface area (Å²) in [6, 6.07) is 0. The van der Waals surface area contributed by atoms with E-state index in [1.54, 1.807) is 0 Å². The topological polar surface area (TPSA) is 138 Å². The van der Waals surface area contributed by atoms with Crippen LogP contribution >= 0.6 is 0 Å². The molecule has 0 aromatic heterocycles. The lowest BCUT2D eigenvalue weighted by molar-refractivity contribution is -0.148. The minimum atomic E-state index is -2.17. The third-order valence-electron chi connectivity index (χ3n) is 0.458. The smallest absolute Gasteiger partial charge is 0.479 e. The first-order valence-corrected chi connectivity index (χ1v) is 2.47. The van der Waals surface area contributed by atoms with Gasteiger partial charge in [-0.1, -0.05) is 0 Å². The van der Waals surface area contributed by atoms with Crippen LogP contribution in [0.25, 0.3) is 0 Å². The Labute approximate surface area is 62.3 Å². The van der Waals surface area contributed by atoms with Gasteiger partial charge in [-0.05, 0) is 0 Å². The molecule has 0 radical (unpaired) electrons. The number of carboxylic acid groups (broad SMARTS) is 1. The van der Waals surface area contributed by atoms with Crippen LogP contribution in [-0.2, 0) is 4.79 Å². The molecule has 7 nitrogen and oxygen atoms in total. The number of aliphatic hydroxyl groups is 2. The summed E-state index contributed by atoms with van der Waals surface area (Å²) in [7, 11) is -2.17. The van der Waals surface area contributed by atoms with E-state index < -0.39 is 26.0 Å². The molecule has 0 bridgehead atoms. The highest BCUT2D eigenvalue weighted by atomic mass is 16.5. The first kappa shape index (κ1) is 13.0. The lowest BCUT2D eigenvalue weighted by Gasteiger charge is -1.95. The number of carboxylic acids is 1. The van der Waals surface area contributed by atoms with Crippen molar-refractivity contribution in [1.29, 1.82) is 0 Å². The second-order valence-corrected chi connectivity index (χ2v) is 1.38. The average Bonchev–Trinajstić information content (AvgIpc) is 1.85. The number of rotatable bonds is 2. The van der Waals surface area contributed by atoms with Crippen LogP contribution < -0.4 is 0 Å². The van der Waals surface area contributed by atoms with Crippen LogP contribution in [0.2, 0.25) is 0 Å². The predicted octanol–water partition coefficient (Wildman–Crippen LogP) is -3.63. The fourth-order valence-electron chi connectivity index (χ4n) is 0.0781. The Morgan fingerprint density at radius 2 is 1.64 bits per heavy atom. The minimum Gasteiger partial charge on any atom is -0.479 e. The maximum absolute atomic E-state index is 9.52. The van der Waals surface area contributed by atoms with Crippen LogP contribution in [0.1, 0.15) is 0 Å². The molecule has 0 rings (SSSR count). The van der Waals surface area contributed by atoms with E-state index in [9.17, 15) is 4.79 Å². The van der Waals surface area contributed by atoms with E-state index in [0.29, 0.717) is 0 Å². The van der Waals surface area contributed by atoms with Crippen molar-refractivity contribution in [2.45, 2.75) is 6.10 Å². The van der Waals surface area contributed by atoms with Gasteiger partial charge >= 0.3 is 13.3 Å². The van der Waals surface area contributed by atoms with E-state index in [1.165, 1.54) is 0 Å². The fraction of sp³-hybridized carbons (Fsp3) is 0.667. The van der Waals surface area contributed by atoms with E-state index in [2.05, 4.69) is 0 Å². The molecule has 0 aliphatic rings. The van der Waals surface area contributed by atoms with E-state index in [4.69, 9.17) is 30.4 Å². The number of hydrogen-bond acceptors (Lipinski definition) is 6. The lowest BCUT2D eigenvalue weighted by atomic mass is 10.3. The van der Waals surface area contributed by atoms with Gasteiger partial charge in [0.2, 0.25) is 0 Å². The molecular formula is C3H9BO7. The quantitative estimate of drug-likeness (QED) is 0.234. The van der Waals surface area contributed by atoms with Crippen molar-refractivity contribution in [2.24, 2.45) is 0 Å². The third-order valence-corrected chi connectivity index (χ3v) is 0.458. The van der Waals surface area contributed by atoms with Gasteiger partial charge in [-0.2, -0.15) is 0 Å². The molecule has 8 heteroatoms. The van der Waals surface area contributed by atoms with Gasteiger partial charge in [0.05, 0.1) is 6.61 Å². The van der Waals surface area contributed by atoms with Crippen molar-refractivity contribution in [3.05, 3.63) is 0 Å². The molecule has 1 atom stereocenters. The van der Waals surface area contributed by atoms with Crippen molar-refractivity contribution in [3.8, 4) is 0 Å². The van der Waals surface area contributed by atoms with E-state index in [-0.39, 0.29) is 0 Å². The molecule has 0 saturated heterocycles. The molecule has 0 aliphatic carbocycles. The summed E-state index contributed by atoms with van der Waals surface area (Å²) < 4.78 is 0. The number of hydrogen-bond donors (Lipinski definition) is 6. The van der Waals surface area contributed by atoms with E-state index >= 15 is 0 Å². The first-order valence-electron chi connectivity index (χ1n) is 2.47. The molecule has 0 aliphatic heterocycles. The highest BCUT2D eigenvalue weighted by Gasteiger charge is 2.08. The summed E-state index contributed by atoms with van der Waals surface area (Å²) in [5, 5.41) is 45.2. The van der Waals surface area contributed by atoms with Crippen molar-refractivity contribution in [1.82, 2.24) is 0 Å². The zero-order valence-electron chi connectivity index (χ0n) is 5.45. The Hall–Kier alpha value is -0.665. The molecular weight excluding hydrogens is 159 g/mol. The number of carbonyl (C=O) groups is 1. The van der Waals surface area contributed by atoms with Crippen LogP contribution in [-0.4, -0.2) is 56.4 Å². The second-order valence-electron chi connectivity index (χ2n) is 1.38. The van der Waals surface area contributed by atoms with Crippen molar-refractivity contribution < 1.29 is 35.2 Å². The van der Waals surface area contributed by atoms with Crippen LogP contribution in [0.4, 0.5) is 0 Å². The summed E-state index contributed by atoms with van der Waals surface area (Å²) in [4.78, 5) is 9.52. The molecule has 0 spiro atoms. The fourth-order valence-corrected chi connectivity index (χ4v) is 0.0781. The zero-order valence-corrected chi connectivity index (χ0v) is 5.45. The third kappa shape index (κ3) is 17.6. The van der Waals surface area contributed by atoms with Crippen LogP contribution in [0.15, 0.2) is 0 Å². The predicted molar refractivity (Wildman–Crippen MR) is 33.1 cm³/mol. The molecule has 0 saturated carbocycles. The van der Waals surface area contributed by atoms with Gasteiger partial charge in [-0.15, -0.1) is 0 Å². The van der Waals surface area contributed by atoms with Gasteiger partial charge in [-0.3, -0.25) is 0 Å². The standard InChI is InChI=1S/C3H6O4.BH3O3/c4-1-2(5)3(6)7;2-1(3)4/h2,4-5H,1H2,(H,6,7);2-4H. The van der Waals surface area contributed by atoms with Gasteiger partial charge in [0.25, 0.3) is 0 Å². The summed E-state index contributed by atoms with van der Waals surface area (Å²) in [5.41, 5.74) is 0.